The first-order valence-electron chi connectivity index (χ1n) is 7.00. The molecule has 0 aromatic heterocycles. The molecule has 1 fully saturated rings. The van der Waals surface area contributed by atoms with Crippen LogP contribution < -0.4 is 5.73 Å². The Morgan fingerprint density at radius 1 is 1.47 bits per heavy atom. The Bertz CT molecular complexity index is 220. The van der Waals surface area contributed by atoms with Gasteiger partial charge in [-0.15, -0.1) is 0 Å². The van der Waals surface area contributed by atoms with E-state index >= 15 is 0 Å². The van der Waals surface area contributed by atoms with Crippen LogP contribution in [0, 0.1) is 5.92 Å². The van der Waals surface area contributed by atoms with Gasteiger partial charge in [-0.3, -0.25) is 0 Å². The molecule has 0 saturated heterocycles. The van der Waals surface area contributed by atoms with E-state index in [4.69, 9.17) is 10.5 Å². The summed E-state index contributed by atoms with van der Waals surface area (Å²) in [7, 11) is 2.15. The van der Waals surface area contributed by atoms with Gasteiger partial charge in [0.05, 0.1) is 12.7 Å². The standard InChI is InChI=1S/C14H30N2O/c1-12(2)17-9-8-16(4)11-14(15)7-5-6-13(3)10-14/h12-13H,5-11,15H2,1-4H3. The predicted octanol–water partition coefficient (Wildman–Crippen LogP) is 2.25. The second kappa shape index (κ2) is 6.72. The number of nitrogens with zero attached hydrogens (tertiary/aromatic N) is 1. The zero-order valence-electron chi connectivity index (χ0n) is 12.0. The van der Waals surface area contributed by atoms with Crippen LogP contribution >= 0.6 is 0 Å². The first-order chi connectivity index (χ1) is 7.91. The summed E-state index contributed by atoms with van der Waals surface area (Å²) in [5, 5.41) is 0. The van der Waals surface area contributed by atoms with Crippen LogP contribution in [0.2, 0.25) is 0 Å². The van der Waals surface area contributed by atoms with Gasteiger partial charge in [0.2, 0.25) is 0 Å². The van der Waals surface area contributed by atoms with Crippen molar-refractivity contribution in [3.8, 4) is 0 Å². The maximum Gasteiger partial charge on any atom is 0.0596 e. The van der Waals surface area contributed by atoms with E-state index < -0.39 is 0 Å². The van der Waals surface area contributed by atoms with Gasteiger partial charge in [0.15, 0.2) is 0 Å². The van der Waals surface area contributed by atoms with E-state index in [0.717, 1.165) is 25.6 Å². The monoisotopic (exact) mass is 242 g/mol. The number of hydrogen-bond donors (Lipinski definition) is 1. The van der Waals surface area contributed by atoms with E-state index in [-0.39, 0.29) is 5.54 Å². The first kappa shape index (κ1) is 14.9. The fraction of sp³-hybridized carbons (Fsp3) is 1.00. The molecule has 17 heavy (non-hydrogen) atoms. The highest BCUT2D eigenvalue weighted by atomic mass is 16.5. The van der Waals surface area contributed by atoms with Crippen LogP contribution in [0.4, 0.5) is 0 Å². The SMILES string of the molecule is CC1CCCC(N)(CN(C)CCOC(C)C)C1. The molecule has 1 aliphatic rings. The summed E-state index contributed by atoms with van der Waals surface area (Å²) in [4.78, 5) is 2.32. The fourth-order valence-corrected chi connectivity index (χ4v) is 2.91. The number of hydrogen-bond acceptors (Lipinski definition) is 3. The van der Waals surface area contributed by atoms with Crippen LogP contribution in [-0.4, -0.2) is 43.3 Å². The van der Waals surface area contributed by atoms with Crippen molar-refractivity contribution >= 4 is 0 Å². The zero-order chi connectivity index (χ0) is 12.9. The van der Waals surface area contributed by atoms with Crippen molar-refractivity contribution in [1.82, 2.24) is 4.90 Å². The molecule has 0 amide bonds. The van der Waals surface area contributed by atoms with E-state index in [2.05, 4.69) is 32.7 Å². The largest absolute Gasteiger partial charge is 0.377 e. The predicted molar refractivity (Wildman–Crippen MR) is 73.1 cm³/mol. The van der Waals surface area contributed by atoms with Gasteiger partial charge < -0.3 is 15.4 Å². The van der Waals surface area contributed by atoms with Gasteiger partial charge >= 0.3 is 0 Å². The van der Waals surface area contributed by atoms with Gasteiger partial charge in [-0.1, -0.05) is 19.8 Å². The molecular formula is C14H30N2O. The third-order valence-corrected chi connectivity index (χ3v) is 3.64. The highest BCUT2D eigenvalue weighted by molar-refractivity contribution is 4.91. The maximum atomic E-state index is 6.50. The fourth-order valence-electron chi connectivity index (χ4n) is 2.91. The Hall–Kier alpha value is -0.120. The lowest BCUT2D eigenvalue weighted by molar-refractivity contribution is 0.0565. The van der Waals surface area contributed by atoms with Gasteiger partial charge in [-0.05, 0) is 39.7 Å². The van der Waals surface area contributed by atoms with E-state index in [1.54, 1.807) is 0 Å². The number of nitrogens with two attached hydrogens (primary N) is 1. The average Bonchev–Trinajstić information content (AvgIpc) is 2.15. The van der Waals surface area contributed by atoms with Crippen molar-refractivity contribution in [2.45, 2.75) is 58.1 Å². The Labute approximate surface area is 107 Å². The highest BCUT2D eigenvalue weighted by Gasteiger charge is 2.31. The lowest BCUT2D eigenvalue weighted by Crippen LogP contribution is -2.52. The lowest BCUT2D eigenvalue weighted by Gasteiger charge is -2.39. The summed E-state index contributed by atoms with van der Waals surface area (Å²) in [6.07, 6.45) is 5.30. The normalized spacial score (nSPS) is 30.2. The topological polar surface area (TPSA) is 38.5 Å². The number of ether oxygens (including phenoxy) is 1. The van der Waals surface area contributed by atoms with Crippen LogP contribution in [0.25, 0.3) is 0 Å². The zero-order valence-corrected chi connectivity index (χ0v) is 12.0. The smallest absolute Gasteiger partial charge is 0.0596 e. The van der Waals surface area contributed by atoms with Crippen LogP contribution in [0.15, 0.2) is 0 Å². The van der Waals surface area contributed by atoms with Gasteiger partial charge in [-0.25, -0.2) is 0 Å². The number of likely N-dealkylation sites (N-methyl/N-ethyl adjacent to an activating group) is 1. The number of rotatable bonds is 6. The van der Waals surface area contributed by atoms with Gasteiger partial charge in [0.1, 0.15) is 0 Å². The summed E-state index contributed by atoms with van der Waals surface area (Å²) in [6, 6.07) is 0. The third-order valence-electron chi connectivity index (χ3n) is 3.64. The molecule has 0 heterocycles. The minimum Gasteiger partial charge on any atom is -0.377 e. The highest BCUT2D eigenvalue weighted by Crippen LogP contribution is 2.30. The molecule has 0 aromatic carbocycles. The van der Waals surface area contributed by atoms with Crippen molar-refractivity contribution in [2.75, 3.05) is 26.7 Å². The second-order valence-electron chi connectivity index (χ2n) is 6.22. The molecule has 3 heteroatoms. The Morgan fingerprint density at radius 2 is 2.18 bits per heavy atom. The summed E-state index contributed by atoms with van der Waals surface area (Å²) in [5.41, 5.74) is 6.53. The van der Waals surface area contributed by atoms with E-state index in [9.17, 15) is 0 Å². The minimum atomic E-state index is 0.0320. The van der Waals surface area contributed by atoms with Crippen molar-refractivity contribution in [2.24, 2.45) is 11.7 Å². The van der Waals surface area contributed by atoms with Crippen LogP contribution in [-0.2, 0) is 4.74 Å². The first-order valence-corrected chi connectivity index (χ1v) is 7.00. The molecule has 2 unspecified atom stereocenters. The molecule has 0 spiro atoms. The van der Waals surface area contributed by atoms with Gasteiger partial charge in [-0.2, -0.15) is 0 Å². The van der Waals surface area contributed by atoms with Crippen LogP contribution in [0.3, 0.4) is 0 Å². The molecule has 3 nitrogen and oxygen atoms in total. The second-order valence-corrected chi connectivity index (χ2v) is 6.22. The van der Waals surface area contributed by atoms with E-state index in [1.165, 1.54) is 25.7 Å². The van der Waals surface area contributed by atoms with Gasteiger partial charge in [0, 0.05) is 18.6 Å². The Balaban J connectivity index is 2.26. The molecule has 0 radical (unpaired) electrons. The summed E-state index contributed by atoms with van der Waals surface area (Å²) < 4.78 is 5.57. The van der Waals surface area contributed by atoms with Gasteiger partial charge in [0.25, 0.3) is 0 Å². The molecular weight excluding hydrogens is 212 g/mol. The summed E-state index contributed by atoms with van der Waals surface area (Å²) >= 11 is 0. The van der Waals surface area contributed by atoms with Crippen LogP contribution in [0.5, 0.6) is 0 Å². The van der Waals surface area contributed by atoms with Crippen molar-refractivity contribution < 1.29 is 4.74 Å². The molecule has 0 aliphatic heterocycles. The average molecular weight is 242 g/mol. The quantitative estimate of drug-likeness (QED) is 0.776. The molecule has 0 bridgehead atoms. The van der Waals surface area contributed by atoms with Crippen molar-refractivity contribution in [3.63, 3.8) is 0 Å². The third kappa shape index (κ3) is 5.84. The Morgan fingerprint density at radius 3 is 2.76 bits per heavy atom. The summed E-state index contributed by atoms with van der Waals surface area (Å²) in [6.45, 7) is 9.26. The molecule has 2 N–H and O–H groups in total. The maximum absolute atomic E-state index is 6.50. The minimum absolute atomic E-state index is 0.0320. The van der Waals surface area contributed by atoms with Crippen molar-refractivity contribution in [3.05, 3.63) is 0 Å². The molecule has 102 valence electrons. The lowest BCUT2D eigenvalue weighted by atomic mass is 9.77. The summed E-state index contributed by atoms with van der Waals surface area (Å²) in [5.74, 6) is 0.786. The van der Waals surface area contributed by atoms with Crippen molar-refractivity contribution in [1.29, 1.82) is 0 Å². The molecule has 0 aromatic rings. The van der Waals surface area contributed by atoms with E-state index in [0.29, 0.717) is 6.10 Å². The molecule has 1 aliphatic carbocycles. The molecule has 1 rings (SSSR count). The molecule has 2 atom stereocenters. The van der Waals surface area contributed by atoms with Crippen LogP contribution in [0.1, 0.15) is 46.5 Å². The molecule has 1 saturated carbocycles. The van der Waals surface area contributed by atoms with E-state index in [1.807, 2.05) is 0 Å². The Kier molecular flexibility index (Phi) is 5.90.